The second kappa shape index (κ2) is 12.7. The summed E-state index contributed by atoms with van der Waals surface area (Å²) >= 11 is 6.02. The lowest BCUT2D eigenvalue weighted by molar-refractivity contribution is -0.140. The van der Waals surface area contributed by atoms with Gasteiger partial charge in [-0.15, -0.1) is 0 Å². The summed E-state index contributed by atoms with van der Waals surface area (Å²) in [6.07, 6.45) is 1.10. The van der Waals surface area contributed by atoms with Gasteiger partial charge in [-0.1, -0.05) is 66.2 Å². The van der Waals surface area contributed by atoms with Gasteiger partial charge >= 0.3 is 0 Å². The van der Waals surface area contributed by atoms with Gasteiger partial charge < -0.3 is 10.2 Å². The molecule has 10 heteroatoms. The van der Waals surface area contributed by atoms with Crippen molar-refractivity contribution in [2.45, 2.75) is 25.9 Å². The van der Waals surface area contributed by atoms with Crippen molar-refractivity contribution in [2.24, 2.45) is 0 Å². The molecular formula is C27H29ClFN3O4S. The standard InChI is InChI=1S/C27H29ClFN3O4S/c1-3-30-27(34)25(17-20-9-5-4-6-10-20)31(18-21-13-15-22(28)16-14-21)26(33)19-32(37(2,35)36)24-12-8-7-11-23(24)29/h4-16,25H,3,17-19H2,1-2H3,(H,30,34). The van der Waals surface area contributed by atoms with E-state index in [1.807, 2.05) is 30.3 Å². The van der Waals surface area contributed by atoms with Gasteiger partial charge in [0.15, 0.2) is 0 Å². The topological polar surface area (TPSA) is 86.8 Å². The van der Waals surface area contributed by atoms with E-state index in [4.69, 9.17) is 11.6 Å². The molecule has 0 saturated heterocycles. The average Bonchev–Trinajstić information content (AvgIpc) is 2.86. The summed E-state index contributed by atoms with van der Waals surface area (Å²) in [5, 5.41) is 3.28. The SMILES string of the molecule is CCNC(=O)C(Cc1ccccc1)N(Cc1ccc(Cl)cc1)C(=O)CN(c1ccccc1F)S(C)(=O)=O. The average molecular weight is 546 g/mol. The number of nitrogens with zero attached hydrogens (tertiary/aromatic N) is 2. The first-order chi connectivity index (χ1) is 17.6. The van der Waals surface area contributed by atoms with Crippen LogP contribution in [0.2, 0.25) is 5.02 Å². The summed E-state index contributed by atoms with van der Waals surface area (Å²) in [5.41, 5.74) is 1.26. The monoisotopic (exact) mass is 545 g/mol. The highest BCUT2D eigenvalue weighted by Gasteiger charge is 2.33. The van der Waals surface area contributed by atoms with Gasteiger partial charge in [-0.05, 0) is 42.3 Å². The number of likely N-dealkylation sites (N-methyl/N-ethyl adjacent to an activating group) is 1. The molecule has 196 valence electrons. The van der Waals surface area contributed by atoms with Crippen LogP contribution in [0.5, 0.6) is 0 Å². The second-order valence-electron chi connectivity index (χ2n) is 8.47. The summed E-state index contributed by atoms with van der Waals surface area (Å²) in [6, 6.07) is 20.4. The maximum atomic E-state index is 14.6. The van der Waals surface area contributed by atoms with Crippen LogP contribution in [-0.2, 0) is 32.6 Å². The fraction of sp³-hybridized carbons (Fsp3) is 0.259. The van der Waals surface area contributed by atoms with Crippen molar-refractivity contribution in [3.8, 4) is 0 Å². The van der Waals surface area contributed by atoms with Crippen LogP contribution in [0, 0.1) is 5.82 Å². The Bertz CT molecular complexity index is 1320. The lowest BCUT2D eigenvalue weighted by Gasteiger charge is -2.33. The van der Waals surface area contributed by atoms with Crippen molar-refractivity contribution in [3.63, 3.8) is 0 Å². The number of rotatable bonds is 11. The molecule has 0 saturated carbocycles. The number of hydrogen-bond donors (Lipinski definition) is 1. The van der Waals surface area contributed by atoms with Crippen LogP contribution < -0.4 is 9.62 Å². The Hall–Kier alpha value is -3.43. The molecular weight excluding hydrogens is 517 g/mol. The third-order valence-corrected chi connectivity index (χ3v) is 7.07. The van der Waals surface area contributed by atoms with Crippen LogP contribution in [0.4, 0.5) is 10.1 Å². The highest BCUT2D eigenvalue weighted by molar-refractivity contribution is 7.92. The smallest absolute Gasteiger partial charge is 0.244 e. The van der Waals surface area contributed by atoms with Crippen LogP contribution in [-0.4, -0.2) is 50.5 Å². The van der Waals surface area contributed by atoms with E-state index >= 15 is 0 Å². The molecule has 0 aliphatic carbocycles. The molecule has 3 rings (SSSR count). The third kappa shape index (κ3) is 7.77. The second-order valence-corrected chi connectivity index (χ2v) is 10.8. The van der Waals surface area contributed by atoms with Gasteiger partial charge in [-0.25, -0.2) is 12.8 Å². The Labute approximate surface area is 221 Å². The van der Waals surface area contributed by atoms with Crippen molar-refractivity contribution in [1.29, 1.82) is 0 Å². The van der Waals surface area contributed by atoms with E-state index in [1.165, 1.54) is 23.1 Å². The van der Waals surface area contributed by atoms with E-state index in [1.54, 1.807) is 31.2 Å². The van der Waals surface area contributed by atoms with Gasteiger partial charge in [-0.2, -0.15) is 0 Å². The van der Waals surface area contributed by atoms with Gasteiger partial charge in [0.1, 0.15) is 18.4 Å². The molecule has 0 spiro atoms. The van der Waals surface area contributed by atoms with Gasteiger partial charge in [0.05, 0.1) is 11.9 Å². The molecule has 0 fully saturated rings. The maximum Gasteiger partial charge on any atom is 0.244 e. The molecule has 37 heavy (non-hydrogen) atoms. The summed E-state index contributed by atoms with van der Waals surface area (Å²) in [5.74, 6) is -1.82. The summed E-state index contributed by atoms with van der Waals surface area (Å²) in [4.78, 5) is 28.3. The van der Waals surface area contributed by atoms with E-state index in [0.717, 1.165) is 22.2 Å². The fourth-order valence-electron chi connectivity index (χ4n) is 3.88. The number of benzene rings is 3. The molecule has 7 nitrogen and oxygen atoms in total. The van der Waals surface area contributed by atoms with Crippen molar-refractivity contribution in [2.75, 3.05) is 23.7 Å². The predicted octanol–water partition coefficient (Wildman–Crippen LogP) is 4.02. The number of anilines is 1. The highest BCUT2D eigenvalue weighted by atomic mass is 35.5. The van der Waals surface area contributed by atoms with Crippen molar-refractivity contribution >= 4 is 39.1 Å². The van der Waals surface area contributed by atoms with E-state index in [0.29, 0.717) is 17.1 Å². The Morgan fingerprint density at radius 2 is 1.57 bits per heavy atom. The maximum absolute atomic E-state index is 14.6. The van der Waals surface area contributed by atoms with Crippen LogP contribution in [0.15, 0.2) is 78.9 Å². The summed E-state index contributed by atoms with van der Waals surface area (Å²) in [7, 11) is -4.03. The zero-order valence-corrected chi connectivity index (χ0v) is 22.2. The molecule has 0 aliphatic heterocycles. The largest absolute Gasteiger partial charge is 0.355 e. The fourth-order valence-corrected chi connectivity index (χ4v) is 4.86. The number of sulfonamides is 1. The van der Waals surface area contributed by atoms with Gasteiger partial charge in [0.25, 0.3) is 0 Å². The molecule has 0 heterocycles. The molecule has 2 amide bonds. The van der Waals surface area contributed by atoms with Gasteiger partial charge in [0, 0.05) is 24.5 Å². The van der Waals surface area contributed by atoms with Crippen molar-refractivity contribution in [1.82, 2.24) is 10.2 Å². The molecule has 3 aromatic carbocycles. The minimum Gasteiger partial charge on any atom is -0.355 e. The normalized spacial score (nSPS) is 12.0. The van der Waals surface area contributed by atoms with E-state index in [-0.39, 0.29) is 24.6 Å². The van der Waals surface area contributed by atoms with E-state index in [2.05, 4.69) is 5.32 Å². The first-order valence-electron chi connectivity index (χ1n) is 11.7. The minimum atomic E-state index is -4.03. The lowest BCUT2D eigenvalue weighted by atomic mass is 10.0. The molecule has 0 aliphatic rings. The number of carbonyl (C=O) groups is 2. The van der Waals surface area contributed by atoms with Crippen molar-refractivity contribution in [3.05, 3.63) is 101 Å². The summed E-state index contributed by atoms with van der Waals surface area (Å²) < 4.78 is 40.6. The Morgan fingerprint density at radius 3 is 2.16 bits per heavy atom. The number of nitrogens with one attached hydrogen (secondary N) is 1. The summed E-state index contributed by atoms with van der Waals surface area (Å²) in [6.45, 7) is 1.45. The number of carbonyl (C=O) groups excluding carboxylic acids is 2. The molecule has 1 unspecified atom stereocenters. The zero-order valence-electron chi connectivity index (χ0n) is 20.6. The number of amides is 2. The molecule has 0 radical (unpaired) electrons. The Morgan fingerprint density at radius 1 is 0.946 bits per heavy atom. The Kier molecular flexibility index (Phi) is 9.66. The molecule has 0 aromatic heterocycles. The first kappa shape index (κ1) is 28.1. The van der Waals surface area contributed by atoms with Crippen molar-refractivity contribution < 1.29 is 22.4 Å². The molecule has 0 bridgehead atoms. The lowest BCUT2D eigenvalue weighted by Crippen LogP contribution is -2.53. The number of hydrogen-bond acceptors (Lipinski definition) is 4. The predicted molar refractivity (Wildman–Crippen MR) is 143 cm³/mol. The highest BCUT2D eigenvalue weighted by Crippen LogP contribution is 2.23. The third-order valence-electron chi connectivity index (χ3n) is 5.69. The number of halogens is 2. The number of para-hydroxylation sites is 1. The van der Waals surface area contributed by atoms with Crippen LogP contribution >= 0.6 is 11.6 Å². The van der Waals surface area contributed by atoms with Crippen LogP contribution in [0.25, 0.3) is 0 Å². The van der Waals surface area contributed by atoms with E-state index < -0.39 is 34.3 Å². The van der Waals surface area contributed by atoms with Gasteiger partial charge in [-0.3, -0.25) is 13.9 Å². The van der Waals surface area contributed by atoms with Gasteiger partial charge in [0.2, 0.25) is 21.8 Å². The molecule has 1 atom stereocenters. The molecule has 1 N–H and O–H groups in total. The zero-order chi connectivity index (χ0) is 27.0. The molecule has 3 aromatic rings. The quantitative estimate of drug-likeness (QED) is 0.394. The minimum absolute atomic E-state index is 0.0134. The van der Waals surface area contributed by atoms with Crippen LogP contribution in [0.3, 0.4) is 0 Å². The van der Waals surface area contributed by atoms with E-state index in [9.17, 15) is 22.4 Å². The Balaban J connectivity index is 2.04. The first-order valence-corrected chi connectivity index (χ1v) is 13.9. The van der Waals surface area contributed by atoms with Crippen LogP contribution in [0.1, 0.15) is 18.1 Å².